The Bertz CT molecular complexity index is 390. The highest BCUT2D eigenvalue weighted by molar-refractivity contribution is 9.11. The smallest absolute Gasteiger partial charge is 0.413 e. The van der Waals surface area contributed by atoms with E-state index in [1.54, 1.807) is 12.1 Å². The van der Waals surface area contributed by atoms with Crippen molar-refractivity contribution < 1.29 is 22.7 Å². The van der Waals surface area contributed by atoms with Gasteiger partial charge in [-0.15, -0.1) is 0 Å². The molecular formula is C10H10Br2F3NO2. The molecule has 18 heavy (non-hydrogen) atoms. The molecule has 0 aliphatic rings. The minimum atomic E-state index is -4.34. The zero-order valence-electron chi connectivity index (χ0n) is 9.28. The summed E-state index contributed by atoms with van der Waals surface area (Å²) in [4.78, 5) is 4.30. The molecule has 0 heterocycles. The van der Waals surface area contributed by atoms with Crippen LogP contribution in [0.2, 0.25) is 0 Å². The first-order chi connectivity index (χ1) is 8.33. The number of halogens is 5. The van der Waals surface area contributed by atoms with E-state index >= 15 is 0 Å². The molecule has 0 radical (unpaired) electrons. The molecule has 8 heteroatoms. The van der Waals surface area contributed by atoms with Crippen LogP contribution in [0.1, 0.15) is 5.56 Å². The lowest BCUT2D eigenvalue weighted by Gasteiger charge is -2.11. The summed E-state index contributed by atoms with van der Waals surface area (Å²) in [5.41, 5.74) is 2.99. The molecular weight excluding hydrogens is 383 g/mol. The number of methoxy groups -OCH3 is 1. The predicted octanol–water partition coefficient (Wildman–Crippen LogP) is 3.80. The second kappa shape index (κ2) is 6.74. The summed E-state index contributed by atoms with van der Waals surface area (Å²) >= 11 is 6.59. The summed E-state index contributed by atoms with van der Waals surface area (Å²) in [6.45, 7) is -1.18. The second-order valence-electron chi connectivity index (χ2n) is 3.32. The number of nitrogens with one attached hydrogen (secondary N) is 1. The molecule has 0 atom stereocenters. The predicted molar refractivity (Wildman–Crippen MR) is 67.2 cm³/mol. The van der Waals surface area contributed by atoms with Gasteiger partial charge in [0.2, 0.25) is 0 Å². The molecule has 102 valence electrons. The molecule has 1 aromatic carbocycles. The minimum absolute atomic E-state index is 0.150. The molecule has 0 fully saturated rings. The lowest BCUT2D eigenvalue weighted by molar-refractivity contribution is -0.190. The van der Waals surface area contributed by atoms with Crippen molar-refractivity contribution >= 4 is 31.9 Å². The second-order valence-corrected chi connectivity index (χ2v) is 5.03. The topological polar surface area (TPSA) is 30.5 Å². The van der Waals surface area contributed by atoms with Gasteiger partial charge in [0.05, 0.1) is 16.1 Å². The third-order valence-corrected chi connectivity index (χ3v) is 3.05. The molecule has 3 nitrogen and oxygen atoms in total. The Labute approximate surface area is 119 Å². The Morgan fingerprint density at radius 1 is 1.22 bits per heavy atom. The summed E-state index contributed by atoms with van der Waals surface area (Å²) in [6.07, 6.45) is -4.34. The number of alkyl halides is 3. The standard InChI is InChI=1S/C10H10Br2F3NO2/c1-17-9-7(11)2-6(3-8(9)12)4-16-18-5-10(13,14)15/h2-3,16H,4-5H2,1H3. The highest BCUT2D eigenvalue weighted by atomic mass is 79.9. The van der Waals surface area contributed by atoms with E-state index in [9.17, 15) is 13.2 Å². The number of rotatable bonds is 5. The molecule has 1 aromatic rings. The van der Waals surface area contributed by atoms with Crippen LogP contribution in [-0.4, -0.2) is 19.9 Å². The van der Waals surface area contributed by atoms with E-state index in [-0.39, 0.29) is 6.54 Å². The summed E-state index contributed by atoms with van der Waals surface area (Å²) < 4.78 is 41.9. The van der Waals surface area contributed by atoms with Crippen LogP contribution in [0.5, 0.6) is 5.75 Å². The van der Waals surface area contributed by atoms with Crippen LogP contribution in [-0.2, 0) is 11.4 Å². The molecule has 0 amide bonds. The third-order valence-electron chi connectivity index (χ3n) is 1.88. The van der Waals surface area contributed by atoms with Crippen molar-refractivity contribution in [2.24, 2.45) is 0 Å². The molecule has 0 spiro atoms. The summed E-state index contributed by atoms with van der Waals surface area (Å²) in [7, 11) is 1.52. The maximum atomic E-state index is 11.8. The highest BCUT2D eigenvalue weighted by Crippen LogP contribution is 2.34. The number of hydrogen-bond acceptors (Lipinski definition) is 3. The summed E-state index contributed by atoms with van der Waals surface area (Å²) in [5.74, 6) is 0.620. The van der Waals surface area contributed by atoms with Gasteiger partial charge in [0.25, 0.3) is 0 Å². The van der Waals surface area contributed by atoms with Gasteiger partial charge in [-0.2, -0.15) is 18.7 Å². The van der Waals surface area contributed by atoms with E-state index < -0.39 is 12.8 Å². The third kappa shape index (κ3) is 5.13. The van der Waals surface area contributed by atoms with Gasteiger partial charge in [-0.25, -0.2) is 0 Å². The number of hydroxylamine groups is 1. The zero-order chi connectivity index (χ0) is 13.8. The number of ether oxygens (including phenoxy) is 1. The van der Waals surface area contributed by atoms with Crippen molar-refractivity contribution in [1.82, 2.24) is 5.48 Å². The van der Waals surface area contributed by atoms with Crippen LogP contribution in [0.3, 0.4) is 0 Å². The van der Waals surface area contributed by atoms with Gasteiger partial charge in [0.1, 0.15) is 5.75 Å². The zero-order valence-corrected chi connectivity index (χ0v) is 12.4. The minimum Gasteiger partial charge on any atom is -0.494 e. The molecule has 0 saturated heterocycles. The Morgan fingerprint density at radius 2 is 1.78 bits per heavy atom. The largest absolute Gasteiger partial charge is 0.494 e. The fourth-order valence-electron chi connectivity index (χ4n) is 1.18. The molecule has 0 aliphatic heterocycles. The van der Waals surface area contributed by atoms with Gasteiger partial charge in [0, 0.05) is 6.54 Å². The quantitative estimate of drug-likeness (QED) is 0.610. The van der Waals surface area contributed by atoms with E-state index in [2.05, 4.69) is 42.2 Å². The molecule has 0 aromatic heterocycles. The first-order valence-corrected chi connectivity index (χ1v) is 6.35. The van der Waals surface area contributed by atoms with Crippen molar-refractivity contribution in [3.63, 3.8) is 0 Å². The summed E-state index contributed by atoms with van der Waals surface area (Å²) in [6, 6.07) is 3.46. The molecule has 0 unspecified atom stereocenters. The van der Waals surface area contributed by atoms with Gasteiger partial charge in [-0.05, 0) is 49.6 Å². The average Bonchev–Trinajstić information content (AvgIpc) is 2.23. The van der Waals surface area contributed by atoms with E-state index in [0.29, 0.717) is 14.7 Å². The maximum Gasteiger partial charge on any atom is 0.413 e. The first-order valence-electron chi connectivity index (χ1n) is 4.77. The normalized spacial score (nSPS) is 11.7. The SMILES string of the molecule is COc1c(Br)cc(CNOCC(F)(F)F)cc1Br. The van der Waals surface area contributed by atoms with Crippen LogP contribution in [0.25, 0.3) is 0 Å². The van der Waals surface area contributed by atoms with Crippen molar-refractivity contribution in [2.75, 3.05) is 13.7 Å². The Morgan fingerprint density at radius 3 is 2.22 bits per heavy atom. The Balaban J connectivity index is 2.54. The Hall–Kier alpha value is -0.310. The highest BCUT2D eigenvalue weighted by Gasteiger charge is 2.27. The van der Waals surface area contributed by atoms with Crippen molar-refractivity contribution in [3.05, 3.63) is 26.6 Å². The summed E-state index contributed by atoms with van der Waals surface area (Å²) in [5, 5.41) is 0. The van der Waals surface area contributed by atoms with Crippen LogP contribution in [0.4, 0.5) is 13.2 Å². The lowest BCUT2D eigenvalue weighted by Crippen LogP contribution is -2.24. The van der Waals surface area contributed by atoms with Gasteiger partial charge in [0.15, 0.2) is 6.61 Å². The van der Waals surface area contributed by atoms with Crippen LogP contribution >= 0.6 is 31.9 Å². The molecule has 0 aliphatic carbocycles. The van der Waals surface area contributed by atoms with E-state index in [4.69, 9.17) is 4.74 Å². The fourth-order valence-corrected chi connectivity index (χ4v) is 2.78. The number of benzene rings is 1. The molecule has 0 bridgehead atoms. The fraction of sp³-hybridized carbons (Fsp3) is 0.400. The van der Waals surface area contributed by atoms with Crippen molar-refractivity contribution in [1.29, 1.82) is 0 Å². The molecule has 0 saturated carbocycles. The maximum absolute atomic E-state index is 11.8. The van der Waals surface area contributed by atoms with Crippen LogP contribution < -0.4 is 10.2 Å². The van der Waals surface area contributed by atoms with Gasteiger partial charge >= 0.3 is 6.18 Å². The van der Waals surface area contributed by atoms with E-state index in [1.165, 1.54) is 7.11 Å². The van der Waals surface area contributed by atoms with Gasteiger partial charge < -0.3 is 4.74 Å². The van der Waals surface area contributed by atoms with Gasteiger partial charge in [-0.1, -0.05) is 0 Å². The van der Waals surface area contributed by atoms with E-state index in [0.717, 1.165) is 5.56 Å². The van der Waals surface area contributed by atoms with Crippen molar-refractivity contribution in [2.45, 2.75) is 12.7 Å². The Kier molecular flexibility index (Phi) is 5.90. The lowest BCUT2D eigenvalue weighted by atomic mass is 10.2. The van der Waals surface area contributed by atoms with Crippen molar-refractivity contribution in [3.8, 4) is 5.75 Å². The van der Waals surface area contributed by atoms with Crippen LogP contribution in [0.15, 0.2) is 21.1 Å². The van der Waals surface area contributed by atoms with E-state index in [1.807, 2.05) is 0 Å². The number of hydrogen-bond donors (Lipinski definition) is 1. The van der Waals surface area contributed by atoms with Gasteiger partial charge in [-0.3, -0.25) is 4.84 Å². The molecule has 1 rings (SSSR count). The molecule has 1 N–H and O–H groups in total. The first kappa shape index (κ1) is 15.7. The average molecular weight is 393 g/mol. The monoisotopic (exact) mass is 391 g/mol. The van der Waals surface area contributed by atoms with Crippen LogP contribution in [0, 0.1) is 0 Å².